The third-order valence-electron chi connectivity index (χ3n) is 5.78. The third-order valence-corrected chi connectivity index (χ3v) is 5.78. The predicted octanol–water partition coefficient (Wildman–Crippen LogP) is 4.72. The Morgan fingerprint density at radius 2 is 1.71 bits per heavy atom. The van der Waals surface area contributed by atoms with Crippen molar-refractivity contribution >= 4 is 11.7 Å². The zero-order chi connectivity index (χ0) is 16.6. The van der Waals surface area contributed by atoms with Crippen LogP contribution in [0.1, 0.15) is 36.8 Å². The van der Waals surface area contributed by atoms with Crippen LogP contribution in [0.25, 0.3) is 0 Å². The van der Waals surface area contributed by atoms with Crippen molar-refractivity contribution in [3.63, 3.8) is 0 Å². The summed E-state index contributed by atoms with van der Waals surface area (Å²) in [5.74, 6) is 0. The molecule has 2 aromatic carbocycles. The van der Waals surface area contributed by atoms with Crippen LogP contribution in [0.5, 0.6) is 0 Å². The Bertz CT molecular complexity index is 715. The number of benzene rings is 2. The van der Waals surface area contributed by atoms with Gasteiger partial charge in [0.15, 0.2) is 0 Å². The van der Waals surface area contributed by atoms with Crippen molar-refractivity contribution in [1.29, 1.82) is 0 Å². The molecule has 2 bridgehead atoms. The molecule has 3 aliphatic rings. The van der Waals surface area contributed by atoms with E-state index >= 15 is 0 Å². The Hall–Kier alpha value is -2.29. The van der Waals surface area contributed by atoms with Gasteiger partial charge >= 0.3 is 6.03 Å². The highest BCUT2D eigenvalue weighted by Crippen LogP contribution is 2.46. The van der Waals surface area contributed by atoms with Crippen LogP contribution in [0.15, 0.2) is 54.6 Å². The van der Waals surface area contributed by atoms with Crippen LogP contribution >= 0.6 is 0 Å². The van der Waals surface area contributed by atoms with E-state index < -0.39 is 0 Å². The first-order chi connectivity index (χ1) is 11.7. The SMILES string of the molecule is Cc1ccc(NC(=O)N2CC3(c4ccccc4)CCC2CC3)cc1. The van der Waals surface area contributed by atoms with E-state index in [1.54, 1.807) is 0 Å². The molecule has 2 amide bonds. The highest BCUT2D eigenvalue weighted by molar-refractivity contribution is 5.89. The van der Waals surface area contributed by atoms with Crippen molar-refractivity contribution < 1.29 is 4.79 Å². The standard InChI is InChI=1S/C21H24N2O/c1-16-7-9-18(10-8-16)22-20(24)23-15-21(13-11-19(23)12-14-21)17-5-3-2-4-6-17/h2-10,19H,11-15H2,1H3,(H,22,24). The minimum Gasteiger partial charge on any atom is -0.321 e. The monoisotopic (exact) mass is 320 g/mol. The van der Waals surface area contributed by atoms with E-state index in [9.17, 15) is 4.79 Å². The van der Waals surface area contributed by atoms with E-state index in [4.69, 9.17) is 0 Å². The summed E-state index contributed by atoms with van der Waals surface area (Å²) in [5, 5.41) is 3.08. The summed E-state index contributed by atoms with van der Waals surface area (Å²) in [4.78, 5) is 14.9. The van der Waals surface area contributed by atoms with E-state index in [0.29, 0.717) is 6.04 Å². The fourth-order valence-corrected chi connectivity index (χ4v) is 4.32. The molecule has 2 aliphatic heterocycles. The van der Waals surface area contributed by atoms with Gasteiger partial charge in [-0.05, 0) is 50.3 Å². The second kappa shape index (κ2) is 5.97. The molecule has 1 saturated carbocycles. The number of anilines is 1. The Labute approximate surface area is 143 Å². The van der Waals surface area contributed by atoms with Crippen molar-refractivity contribution in [1.82, 2.24) is 4.90 Å². The minimum absolute atomic E-state index is 0.0450. The fraction of sp³-hybridized carbons (Fsp3) is 0.381. The smallest absolute Gasteiger partial charge is 0.321 e. The van der Waals surface area contributed by atoms with Crippen LogP contribution in [-0.2, 0) is 5.41 Å². The molecule has 2 saturated heterocycles. The van der Waals surface area contributed by atoms with Crippen LogP contribution in [0.2, 0.25) is 0 Å². The molecule has 1 N–H and O–H groups in total. The molecule has 0 spiro atoms. The van der Waals surface area contributed by atoms with Crippen molar-refractivity contribution in [2.45, 2.75) is 44.1 Å². The number of nitrogens with zero attached hydrogens (tertiary/aromatic N) is 1. The maximum Gasteiger partial charge on any atom is 0.322 e. The summed E-state index contributed by atoms with van der Waals surface area (Å²) in [6, 6.07) is 19.2. The van der Waals surface area contributed by atoms with Crippen LogP contribution in [0, 0.1) is 6.92 Å². The topological polar surface area (TPSA) is 32.3 Å². The Kier molecular flexibility index (Phi) is 3.79. The van der Waals surface area contributed by atoms with Gasteiger partial charge in [0.05, 0.1) is 0 Å². The molecular formula is C21H24N2O. The molecule has 124 valence electrons. The zero-order valence-electron chi connectivity index (χ0n) is 14.2. The van der Waals surface area contributed by atoms with E-state index in [-0.39, 0.29) is 11.4 Å². The first kappa shape index (κ1) is 15.3. The quantitative estimate of drug-likeness (QED) is 0.853. The van der Waals surface area contributed by atoms with Gasteiger partial charge in [-0.1, -0.05) is 48.0 Å². The molecule has 1 aliphatic carbocycles. The van der Waals surface area contributed by atoms with Crippen molar-refractivity contribution in [2.24, 2.45) is 0 Å². The van der Waals surface area contributed by atoms with Crippen LogP contribution in [0.4, 0.5) is 10.5 Å². The largest absolute Gasteiger partial charge is 0.322 e. The summed E-state index contributed by atoms with van der Waals surface area (Å²) in [5.41, 5.74) is 3.60. The number of nitrogens with one attached hydrogen (secondary N) is 1. The van der Waals surface area contributed by atoms with Gasteiger partial charge in [0, 0.05) is 23.7 Å². The molecule has 3 fully saturated rings. The Morgan fingerprint density at radius 1 is 1.04 bits per heavy atom. The van der Waals surface area contributed by atoms with E-state index in [0.717, 1.165) is 25.1 Å². The normalized spacial score (nSPS) is 25.5. The second-order valence-corrected chi connectivity index (χ2v) is 7.30. The van der Waals surface area contributed by atoms with Gasteiger partial charge in [0.2, 0.25) is 0 Å². The number of hydrogen-bond acceptors (Lipinski definition) is 1. The molecule has 3 heteroatoms. The predicted molar refractivity (Wildman–Crippen MR) is 97.3 cm³/mol. The molecule has 0 radical (unpaired) electrons. The number of carbonyl (C=O) groups is 1. The highest BCUT2D eigenvalue weighted by Gasteiger charge is 2.47. The van der Waals surface area contributed by atoms with Crippen LogP contribution in [-0.4, -0.2) is 23.5 Å². The van der Waals surface area contributed by atoms with E-state index in [2.05, 4.69) is 47.5 Å². The average molecular weight is 320 g/mol. The van der Waals surface area contributed by atoms with Gasteiger partial charge in [0.25, 0.3) is 0 Å². The summed E-state index contributed by atoms with van der Waals surface area (Å²) < 4.78 is 0. The average Bonchev–Trinajstić information content (AvgIpc) is 2.65. The number of carbonyl (C=O) groups excluding carboxylic acids is 1. The Morgan fingerprint density at radius 3 is 2.38 bits per heavy atom. The lowest BCUT2D eigenvalue weighted by molar-refractivity contribution is 0.0571. The van der Waals surface area contributed by atoms with Gasteiger partial charge in [-0.25, -0.2) is 4.79 Å². The summed E-state index contributed by atoms with van der Waals surface area (Å²) >= 11 is 0. The summed E-state index contributed by atoms with van der Waals surface area (Å²) in [6.45, 7) is 2.89. The van der Waals surface area contributed by atoms with Gasteiger partial charge in [-0.15, -0.1) is 0 Å². The van der Waals surface area contributed by atoms with Crippen molar-refractivity contribution in [3.8, 4) is 0 Å². The van der Waals surface area contributed by atoms with Crippen LogP contribution in [0.3, 0.4) is 0 Å². The molecule has 2 aromatic rings. The number of piperidine rings is 2. The number of hydrogen-bond donors (Lipinski definition) is 1. The molecule has 0 unspecified atom stereocenters. The lowest BCUT2D eigenvalue weighted by atomic mass is 9.64. The minimum atomic E-state index is 0.0450. The van der Waals surface area contributed by atoms with Gasteiger partial charge < -0.3 is 10.2 Å². The summed E-state index contributed by atoms with van der Waals surface area (Å²) in [7, 11) is 0. The molecule has 5 rings (SSSR count). The summed E-state index contributed by atoms with van der Waals surface area (Å²) in [6.07, 6.45) is 4.60. The lowest BCUT2D eigenvalue weighted by Crippen LogP contribution is -2.58. The van der Waals surface area contributed by atoms with Gasteiger partial charge in [0.1, 0.15) is 0 Å². The maximum absolute atomic E-state index is 12.8. The number of fused-ring (bicyclic) bond motifs is 3. The zero-order valence-corrected chi connectivity index (χ0v) is 14.2. The molecule has 3 nitrogen and oxygen atoms in total. The molecular weight excluding hydrogens is 296 g/mol. The first-order valence-electron chi connectivity index (χ1n) is 8.86. The number of aryl methyl sites for hydroxylation is 1. The van der Waals surface area contributed by atoms with Gasteiger partial charge in [-0.2, -0.15) is 0 Å². The van der Waals surface area contributed by atoms with Crippen molar-refractivity contribution in [3.05, 3.63) is 65.7 Å². The van der Waals surface area contributed by atoms with Crippen molar-refractivity contribution in [2.75, 3.05) is 11.9 Å². The molecule has 24 heavy (non-hydrogen) atoms. The second-order valence-electron chi connectivity index (χ2n) is 7.30. The number of urea groups is 1. The molecule has 0 aromatic heterocycles. The number of amides is 2. The van der Waals surface area contributed by atoms with Gasteiger partial charge in [-0.3, -0.25) is 0 Å². The lowest BCUT2D eigenvalue weighted by Gasteiger charge is -2.53. The number of rotatable bonds is 2. The third kappa shape index (κ3) is 2.68. The first-order valence-corrected chi connectivity index (χ1v) is 8.86. The molecule has 0 atom stereocenters. The van der Waals surface area contributed by atoms with Crippen LogP contribution < -0.4 is 5.32 Å². The van der Waals surface area contributed by atoms with E-state index in [1.807, 2.05) is 24.3 Å². The highest BCUT2D eigenvalue weighted by atomic mass is 16.2. The fourth-order valence-electron chi connectivity index (χ4n) is 4.32. The van der Waals surface area contributed by atoms with E-state index in [1.165, 1.54) is 24.0 Å². The molecule has 2 heterocycles. The maximum atomic E-state index is 12.8. The Balaban J connectivity index is 1.54.